The summed E-state index contributed by atoms with van der Waals surface area (Å²) in [6.45, 7) is 8.67. The van der Waals surface area contributed by atoms with Crippen LogP contribution in [0.4, 0.5) is 4.79 Å². The lowest BCUT2D eigenvalue weighted by Crippen LogP contribution is -2.45. The standard InChI is InChI=1S/C19H27NO5S/c1-6-13-8-10-14(11-9-13)15-16(26(23,24)7-2)19(15,12-21)20-17(22)25-18(3,4)5/h8-12,15-16H,6-7H2,1-5H3,(H,20,22)/t15-,16+,19-/m1/s1. The van der Waals surface area contributed by atoms with Crippen molar-refractivity contribution in [3.63, 3.8) is 0 Å². The maximum Gasteiger partial charge on any atom is 0.408 e. The highest BCUT2D eigenvalue weighted by Gasteiger charge is 2.72. The first-order valence-electron chi connectivity index (χ1n) is 8.78. The van der Waals surface area contributed by atoms with Gasteiger partial charge < -0.3 is 14.8 Å². The molecule has 3 atom stereocenters. The zero-order valence-electron chi connectivity index (χ0n) is 15.9. The number of amides is 1. The van der Waals surface area contributed by atoms with Gasteiger partial charge in [0.1, 0.15) is 22.7 Å². The molecule has 7 heteroatoms. The Morgan fingerprint density at radius 1 is 1.23 bits per heavy atom. The molecule has 2 rings (SSSR count). The molecule has 1 aliphatic carbocycles. The molecule has 26 heavy (non-hydrogen) atoms. The zero-order chi connectivity index (χ0) is 19.8. The van der Waals surface area contributed by atoms with Crippen LogP contribution in [0.5, 0.6) is 0 Å². The average molecular weight is 381 g/mol. The third-order valence-electron chi connectivity index (χ3n) is 4.63. The summed E-state index contributed by atoms with van der Waals surface area (Å²) in [5, 5.41) is 1.54. The Kier molecular flexibility index (Phi) is 5.52. The van der Waals surface area contributed by atoms with Gasteiger partial charge in [-0.05, 0) is 38.3 Å². The van der Waals surface area contributed by atoms with Crippen molar-refractivity contribution in [2.24, 2.45) is 0 Å². The topological polar surface area (TPSA) is 89.5 Å². The SMILES string of the molecule is CCc1ccc([C@@H]2[C@H](S(=O)(=O)CC)[C@]2(C=O)NC(=O)OC(C)(C)C)cc1. The molecule has 6 nitrogen and oxygen atoms in total. The van der Waals surface area contributed by atoms with Gasteiger partial charge in [-0.3, -0.25) is 0 Å². The Morgan fingerprint density at radius 2 is 1.81 bits per heavy atom. The van der Waals surface area contributed by atoms with Crippen LogP contribution < -0.4 is 5.32 Å². The van der Waals surface area contributed by atoms with E-state index in [4.69, 9.17) is 4.74 Å². The van der Waals surface area contributed by atoms with Crippen LogP contribution in [0.25, 0.3) is 0 Å². The summed E-state index contributed by atoms with van der Waals surface area (Å²) in [7, 11) is -3.55. The van der Waals surface area contributed by atoms with Crippen LogP contribution in [-0.4, -0.2) is 42.9 Å². The summed E-state index contributed by atoms with van der Waals surface area (Å²) in [6.07, 6.45) is 0.595. The molecule has 1 aromatic rings. The van der Waals surface area contributed by atoms with Gasteiger partial charge in [0.2, 0.25) is 0 Å². The number of sulfone groups is 1. The van der Waals surface area contributed by atoms with Gasteiger partial charge >= 0.3 is 6.09 Å². The normalized spacial score (nSPS) is 25.4. The van der Waals surface area contributed by atoms with Crippen LogP contribution in [0, 0.1) is 0 Å². The smallest absolute Gasteiger partial charge is 0.408 e. The lowest BCUT2D eigenvalue weighted by molar-refractivity contribution is -0.110. The number of carbonyl (C=O) groups excluding carboxylic acids is 2. The van der Waals surface area contributed by atoms with Crippen molar-refractivity contribution in [2.75, 3.05) is 5.75 Å². The zero-order valence-corrected chi connectivity index (χ0v) is 16.7. The first kappa shape index (κ1) is 20.4. The number of aryl methyl sites for hydroxylation is 1. The molecule has 1 aliphatic rings. The lowest BCUT2D eigenvalue weighted by Gasteiger charge is -2.22. The van der Waals surface area contributed by atoms with E-state index in [2.05, 4.69) is 5.32 Å². The number of benzene rings is 1. The molecule has 1 saturated carbocycles. The monoisotopic (exact) mass is 381 g/mol. The van der Waals surface area contributed by atoms with Crippen LogP contribution in [0.15, 0.2) is 24.3 Å². The van der Waals surface area contributed by atoms with E-state index in [1.54, 1.807) is 20.8 Å². The molecular weight excluding hydrogens is 354 g/mol. The predicted octanol–water partition coefficient (Wildman–Crippen LogP) is 2.61. The van der Waals surface area contributed by atoms with E-state index in [1.807, 2.05) is 31.2 Å². The molecule has 0 spiro atoms. The van der Waals surface area contributed by atoms with Crippen molar-refractivity contribution in [1.82, 2.24) is 5.32 Å². The number of hydrogen-bond donors (Lipinski definition) is 1. The highest BCUT2D eigenvalue weighted by molar-refractivity contribution is 7.92. The summed E-state index contributed by atoms with van der Waals surface area (Å²) in [5.41, 5.74) is -0.417. The predicted molar refractivity (Wildman–Crippen MR) is 100.0 cm³/mol. The van der Waals surface area contributed by atoms with Gasteiger partial charge in [0.15, 0.2) is 9.84 Å². The quantitative estimate of drug-likeness (QED) is 0.765. The molecule has 0 bridgehead atoms. The van der Waals surface area contributed by atoms with Crippen LogP contribution in [0.3, 0.4) is 0 Å². The van der Waals surface area contributed by atoms with Crippen molar-refractivity contribution >= 4 is 22.2 Å². The largest absolute Gasteiger partial charge is 0.444 e. The summed E-state index contributed by atoms with van der Waals surface area (Å²) in [5.74, 6) is -0.726. The maximum atomic E-state index is 12.6. The Hall–Kier alpha value is -1.89. The fourth-order valence-electron chi connectivity index (χ4n) is 3.27. The van der Waals surface area contributed by atoms with E-state index < -0.39 is 38.2 Å². The van der Waals surface area contributed by atoms with Gasteiger partial charge in [0.25, 0.3) is 0 Å². The molecule has 0 aliphatic heterocycles. The Bertz CT molecular complexity index is 779. The molecule has 1 fully saturated rings. The molecule has 1 amide bonds. The number of hydrogen-bond acceptors (Lipinski definition) is 5. The van der Waals surface area contributed by atoms with Crippen LogP contribution in [0.1, 0.15) is 51.7 Å². The van der Waals surface area contributed by atoms with Crippen molar-refractivity contribution in [3.8, 4) is 0 Å². The second-order valence-electron chi connectivity index (χ2n) is 7.62. The summed E-state index contributed by atoms with van der Waals surface area (Å²) in [6, 6.07) is 7.46. The minimum atomic E-state index is -3.55. The molecular formula is C19H27NO5S. The number of carbonyl (C=O) groups is 2. The third kappa shape index (κ3) is 3.92. The Labute approximate surface area is 155 Å². The van der Waals surface area contributed by atoms with Crippen LogP contribution >= 0.6 is 0 Å². The minimum Gasteiger partial charge on any atom is -0.444 e. The van der Waals surface area contributed by atoms with Gasteiger partial charge in [-0.1, -0.05) is 38.1 Å². The molecule has 0 saturated heterocycles. The summed E-state index contributed by atoms with van der Waals surface area (Å²) >= 11 is 0. The van der Waals surface area contributed by atoms with E-state index in [0.717, 1.165) is 12.0 Å². The minimum absolute atomic E-state index is 0.104. The number of aldehydes is 1. The fraction of sp³-hybridized carbons (Fsp3) is 0.579. The van der Waals surface area contributed by atoms with E-state index >= 15 is 0 Å². The van der Waals surface area contributed by atoms with Gasteiger partial charge in [-0.2, -0.15) is 0 Å². The van der Waals surface area contributed by atoms with E-state index in [0.29, 0.717) is 11.8 Å². The van der Waals surface area contributed by atoms with Gasteiger partial charge in [0.05, 0.1) is 0 Å². The summed E-state index contributed by atoms with van der Waals surface area (Å²) in [4.78, 5) is 24.2. The third-order valence-corrected chi connectivity index (χ3v) is 6.87. The number of rotatable bonds is 6. The lowest BCUT2D eigenvalue weighted by atomic mass is 10.0. The van der Waals surface area contributed by atoms with Gasteiger partial charge in [-0.15, -0.1) is 0 Å². The van der Waals surface area contributed by atoms with Crippen molar-refractivity contribution < 1.29 is 22.7 Å². The van der Waals surface area contributed by atoms with Crippen molar-refractivity contribution in [1.29, 1.82) is 0 Å². The average Bonchev–Trinajstić information content (AvgIpc) is 3.22. The molecule has 0 radical (unpaired) electrons. The second-order valence-corrected chi connectivity index (χ2v) is 10.0. The van der Waals surface area contributed by atoms with Gasteiger partial charge in [0, 0.05) is 11.7 Å². The first-order valence-corrected chi connectivity index (χ1v) is 10.5. The van der Waals surface area contributed by atoms with E-state index in [1.165, 1.54) is 6.92 Å². The maximum absolute atomic E-state index is 12.6. The Balaban J connectivity index is 2.39. The molecule has 1 aromatic carbocycles. The summed E-state index contributed by atoms with van der Waals surface area (Å²) < 4.78 is 30.3. The first-order chi connectivity index (χ1) is 12.0. The molecule has 0 unspecified atom stereocenters. The van der Waals surface area contributed by atoms with Crippen molar-refractivity contribution in [3.05, 3.63) is 35.4 Å². The van der Waals surface area contributed by atoms with Gasteiger partial charge in [-0.25, -0.2) is 13.2 Å². The van der Waals surface area contributed by atoms with Crippen LogP contribution in [0.2, 0.25) is 0 Å². The fourth-order valence-corrected chi connectivity index (χ4v) is 5.20. The second kappa shape index (κ2) is 7.02. The highest BCUT2D eigenvalue weighted by Crippen LogP contribution is 2.55. The number of alkyl carbamates (subject to hydrolysis) is 1. The number of nitrogens with one attached hydrogen (secondary N) is 1. The van der Waals surface area contributed by atoms with E-state index in [-0.39, 0.29) is 5.75 Å². The molecule has 0 aromatic heterocycles. The Morgan fingerprint density at radius 3 is 2.23 bits per heavy atom. The highest BCUT2D eigenvalue weighted by atomic mass is 32.2. The molecule has 0 heterocycles. The van der Waals surface area contributed by atoms with E-state index in [9.17, 15) is 18.0 Å². The number of ether oxygens (including phenoxy) is 1. The van der Waals surface area contributed by atoms with Crippen LogP contribution in [-0.2, 0) is 25.8 Å². The molecule has 1 N–H and O–H groups in total. The molecule has 144 valence electrons. The van der Waals surface area contributed by atoms with Crippen molar-refractivity contribution in [2.45, 2.75) is 63.3 Å².